The van der Waals surface area contributed by atoms with Gasteiger partial charge in [-0.05, 0) is 31.2 Å². The number of carbonyl (C=O) groups excluding carboxylic acids is 1. The summed E-state index contributed by atoms with van der Waals surface area (Å²) in [5.74, 6) is -0.184. The minimum atomic E-state index is -0.184. The highest BCUT2D eigenvalue weighted by atomic mass is 35.5. The third-order valence-corrected chi connectivity index (χ3v) is 3.98. The Morgan fingerprint density at radius 3 is 2.78 bits per heavy atom. The molecule has 94 valence electrons. The van der Waals surface area contributed by atoms with Gasteiger partial charge in [0.2, 0.25) is 0 Å². The molecular formula is C12H10Cl2N2OS. The van der Waals surface area contributed by atoms with E-state index in [2.05, 4.69) is 10.3 Å². The van der Waals surface area contributed by atoms with Crippen LogP contribution in [0.4, 0.5) is 0 Å². The minimum Gasteiger partial charge on any atom is -0.345 e. The Morgan fingerprint density at radius 2 is 2.17 bits per heavy atom. The molecule has 2 aromatic rings. The molecular weight excluding hydrogens is 291 g/mol. The summed E-state index contributed by atoms with van der Waals surface area (Å²) in [4.78, 5) is 16.8. The Bertz CT molecular complexity index is 571. The molecule has 1 N–H and O–H groups in total. The van der Waals surface area contributed by atoms with Crippen LogP contribution < -0.4 is 5.32 Å². The Balaban J connectivity index is 2.08. The topological polar surface area (TPSA) is 42.0 Å². The maximum atomic E-state index is 12.0. The Labute approximate surface area is 119 Å². The summed E-state index contributed by atoms with van der Waals surface area (Å²) in [5, 5.41) is 3.18. The van der Waals surface area contributed by atoms with Gasteiger partial charge in [0.15, 0.2) is 0 Å². The van der Waals surface area contributed by atoms with E-state index in [1.54, 1.807) is 6.07 Å². The molecule has 2 heterocycles. The fourth-order valence-electron chi connectivity index (χ4n) is 1.46. The van der Waals surface area contributed by atoms with Gasteiger partial charge in [-0.3, -0.25) is 4.79 Å². The fraction of sp³-hybridized carbons (Fsp3) is 0.167. The highest BCUT2D eigenvalue weighted by molar-refractivity contribution is 7.16. The molecule has 0 aliphatic heterocycles. The molecule has 1 unspecified atom stereocenters. The molecule has 3 nitrogen and oxygen atoms in total. The maximum absolute atomic E-state index is 12.0. The van der Waals surface area contributed by atoms with Crippen LogP contribution in [0, 0.1) is 0 Å². The third-order valence-electron chi connectivity index (χ3n) is 2.36. The highest BCUT2D eigenvalue weighted by Crippen LogP contribution is 2.26. The van der Waals surface area contributed by atoms with Crippen molar-refractivity contribution in [2.45, 2.75) is 13.0 Å². The number of aromatic nitrogens is 1. The van der Waals surface area contributed by atoms with Crippen molar-refractivity contribution in [2.24, 2.45) is 0 Å². The van der Waals surface area contributed by atoms with Crippen LogP contribution in [-0.2, 0) is 0 Å². The lowest BCUT2D eigenvalue weighted by Gasteiger charge is -2.12. The van der Waals surface area contributed by atoms with Crippen LogP contribution in [0.25, 0.3) is 0 Å². The predicted octanol–water partition coefficient (Wildman–Crippen LogP) is 3.94. The van der Waals surface area contributed by atoms with E-state index >= 15 is 0 Å². The maximum Gasteiger partial charge on any atom is 0.251 e. The van der Waals surface area contributed by atoms with Crippen LogP contribution in [0.1, 0.15) is 28.2 Å². The number of halogens is 2. The average Bonchev–Trinajstić information content (AvgIpc) is 2.76. The predicted molar refractivity (Wildman–Crippen MR) is 74.5 cm³/mol. The molecule has 2 rings (SSSR count). The summed E-state index contributed by atoms with van der Waals surface area (Å²) >= 11 is 13.0. The SMILES string of the molecule is CC(NC(=O)c1ccnc(Cl)c1)c1ccc(Cl)s1. The van der Waals surface area contributed by atoms with Gasteiger partial charge in [0.05, 0.1) is 10.4 Å². The van der Waals surface area contributed by atoms with E-state index in [4.69, 9.17) is 23.2 Å². The molecule has 0 saturated heterocycles. The molecule has 0 aliphatic rings. The van der Waals surface area contributed by atoms with Gasteiger partial charge in [-0.1, -0.05) is 23.2 Å². The summed E-state index contributed by atoms with van der Waals surface area (Å²) in [6, 6.07) is 6.77. The smallest absolute Gasteiger partial charge is 0.251 e. The molecule has 0 spiro atoms. The number of pyridine rings is 1. The number of nitrogens with one attached hydrogen (secondary N) is 1. The van der Waals surface area contributed by atoms with Crippen LogP contribution in [0.3, 0.4) is 0 Å². The van der Waals surface area contributed by atoms with Crippen LogP contribution >= 0.6 is 34.5 Å². The van der Waals surface area contributed by atoms with Crippen molar-refractivity contribution in [1.29, 1.82) is 0 Å². The first kappa shape index (κ1) is 13.3. The molecule has 0 aromatic carbocycles. The number of hydrogen-bond acceptors (Lipinski definition) is 3. The van der Waals surface area contributed by atoms with Gasteiger partial charge in [-0.25, -0.2) is 4.98 Å². The number of nitrogens with zero attached hydrogens (tertiary/aromatic N) is 1. The largest absolute Gasteiger partial charge is 0.345 e. The van der Waals surface area contributed by atoms with E-state index in [1.165, 1.54) is 23.6 Å². The average molecular weight is 301 g/mol. The normalized spacial score (nSPS) is 12.2. The molecule has 1 atom stereocenters. The lowest BCUT2D eigenvalue weighted by atomic mass is 10.2. The van der Waals surface area contributed by atoms with Crippen molar-refractivity contribution in [2.75, 3.05) is 0 Å². The van der Waals surface area contributed by atoms with Crippen molar-refractivity contribution < 1.29 is 4.79 Å². The van der Waals surface area contributed by atoms with Crippen LogP contribution in [0.5, 0.6) is 0 Å². The minimum absolute atomic E-state index is 0.0954. The lowest BCUT2D eigenvalue weighted by molar-refractivity contribution is 0.0940. The second kappa shape index (κ2) is 5.69. The summed E-state index contributed by atoms with van der Waals surface area (Å²) in [6.07, 6.45) is 1.50. The van der Waals surface area contributed by atoms with Crippen molar-refractivity contribution in [3.05, 3.63) is 50.4 Å². The number of carbonyl (C=O) groups is 1. The quantitative estimate of drug-likeness (QED) is 0.872. The number of hydrogen-bond donors (Lipinski definition) is 1. The molecule has 6 heteroatoms. The zero-order valence-electron chi connectivity index (χ0n) is 9.48. The van der Waals surface area contributed by atoms with Crippen molar-refractivity contribution >= 4 is 40.4 Å². The van der Waals surface area contributed by atoms with E-state index in [-0.39, 0.29) is 11.9 Å². The van der Waals surface area contributed by atoms with Crippen LogP contribution in [0.15, 0.2) is 30.5 Å². The molecule has 0 radical (unpaired) electrons. The van der Waals surface area contributed by atoms with E-state index < -0.39 is 0 Å². The van der Waals surface area contributed by atoms with Gasteiger partial charge in [0.1, 0.15) is 5.15 Å². The monoisotopic (exact) mass is 300 g/mol. The van der Waals surface area contributed by atoms with Crippen molar-refractivity contribution in [3.63, 3.8) is 0 Å². The number of amides is 1. The van der Waals surface area contributed by atoms with Gasteiger partial charge in [-0.15, -0.1) is 11.3 Å². The third kappa shape index (κ3) is 3.22. The van der Waals surface area contributed by atoms with E-state index in [9.17, 15) is 4.79 Å². The van der Waals surface area contributed by atoms with Crippen LogP contribution in [-0.4, -0.2) is 10.9 Å². The standard InChI is InChI=1S/C12H10Cl2N2OS/c1-7(9-2-3-11(14)18-9)16-12(17)8-4-5-15-10(13)6-8/h2-7H,1H3,(H,16,17). The number of rotatable bonds is 3. The highest BCUT2D eigenvalue weighted by Gasteiger charge is 2.13. The molecule has 2 aromatic heterocycles. The van der Waals surface area contributed by atoms with Crippen LogP contribution in [0.2, 0.25) is 9.49 Å². The Kier molecular flexibility index (Phi) is 4.22. The zero-order chi connectivity index (χ0) is 13.1. The lowest BCUT2D eigenvalue weighted by Crippen LogP contribution is -2.26. The fourth-order valence-corrected chi connectivity index (χ4v) is 2.69. The first-order valence-electron chi connectivity index (χ1n) is 5.24. The first-order chi connectivity index (χ1) is 8.56. The van der Waals surface area contributed by atoms with Gasteiger partial charge >= 0.3 is 0 Å². The Morgan fingerprint density at radius 1 is 1.39 bits per heavy atom. The van der Waals surface area contributed by atoms with Crippen molar-refractivity contribution in [3.8, 4) is 0 Å². The Hall–Kier alpha value is -1.10. The molecule has 0 saturated carbocycles. The van der Waals surface area contributed by atoms with E-state index in [0.29, 0.717) is 15.1 Å². The molecule has 0 bridgehead atoms. The first-order valence-corrected chi connectivity index (χ1v) is 6.81. The van der Waals surface area contributed by atoms with Gasteiger partial charge < -0.3 is 5.32 Å². The molecule has 0 aliphatic carbocycles. The summed E-state index contributed by atoms with van der Waals surface area (Å²) in [5.41, 5.74) is 0.490. The molecule has 18 heavy (non-hydrogen) atoms. The summed E-state index contributed by atoms with van der Waals surface area (Å²) < 4.78 is 0.707. The summed E-state index contributed by atoms with van der Waals surface area (Å²) in [7, 11) is 0. The molecule has 0 fully saturated rings. The van der Waals surface area contributed by atoms with E-state index in [1.807, 2.05) is 19.1 Å². The van der Waals surface area contributed by atoms with Gasteiger partial charge in [0, 0.05) is 16.6 Å². The second-order valence-electron chi connectivity index (χ2n) is 3.70. The summed E-state index contributed by atoms with van der Waals surface area (Å²) in [6.45, 7) is 1.91. The zero-order valence-corrected chi connectivity index (χ0v) is 11.8. The number of thiophene rings is 1. The van der Waals surface area contributed by atoms with E-state index in [0.717, 1.165) is 4.88 Å². The molecule has 1 amide bonds. The van der Waals surface area contributed by atoms with Gasteiger partial charge in [-0.2, -0.15) is 0 Å². The van der Waals surface area contributed by atoms with Gasteiger partial charge in [0.25, 0.3) is 5.91 Å². The van der Waals surface area contributed by atoms with Crippen molar-refractivity contribution in [1.82, 2.24) is 10.3 Å². The second-order valence-corrected chi connectivity index (χ2v) is 5.84.